The van der Waals surface area contributed by atoms with E-state index in [-0.39, 0.29) is 12.4 Å². The second-order valence-electron chi connectivity index (χ2n) is 3.70. The number of methoxy groups -OCH3 is 2. The number of H-pyrrole nitrogens is 1. The van der Waals surface area contributed by atoms with Crippen LogP contribution in [0.4, 0.5) is 0 Å². The third-order valence-electron chi connectivity index (χ3n) is 2.57. The van der Waals surface area contributed by atoms with Crippen LogP contribution in [0.25, 0.3) is 11.3 Å². The molecule has 18 heavy (non-hydrogen) atoms. The molecule has 0 unspecified atom stereocenters. The van der Waals surface area contributed by atoms with Gasteiger partial charge in [-0.05, 0) is 12.1 Å². The minimum atomic E-state index is -0.323. The van der Waals surface area contributed by atoms with Crippen molar-refractivity contribution in [2.75, 3.05) is 14.2 Å². The SMILES string of the molecule is COC(=O)Cc1ncc(-c2ccccc2OC)[nH]1. The van der Waals surface area contributed by atoms with Crippen LogP contribution in [0.15, 0.2) is 30.5 Å². The van der Waals surface area contributed by atoms with E-state index in [9.17, 15) is 4.79 Å². The Balaban J connectivity index is 2.26. The van der Waals surface area contributed by atoms with Crippen molar-refractivity contribution < 1.29 is 14.3 Å². The first kappa shape index (κ1) is 12.2. The predicted octanol–water partition coefficient (Wildman–Crippen LogP) is 1.80. The number of nitrogens with zero attached hydrogens (tertiary/aromatic N) is 1. The van der Waals surface area contributed by atoms with Gasteiger partial charge in [0.05, 0.1) is 26.1 Å². The summed E-state index contributed by atoms with van der Waals surface area (Å²) in [6, 6.07) is 7.61. The third-order valence-corrected chi connectivity index (χ3v) is 2.57. The highest BCUT2D eigenvalue weighted by Gasteiger charge is 2.10. The Kier molecular flexibility index (Phi) is 3.62. The van der Waals surface area contributed by atoms with Crippen molar-refractivity contribution in [2.24, 2.45) is 0 Å². The van der Waals surface area contributed by atoms with E-state index in [2.05, 4.69) is 14.7 Å². The first-order chi connectivity index (χ1) is 8.74. The van der Waals surface area contributed by atoms with Gasteiger partial charge in [-0.2, -0.15) is 0 Å². The molecule has 0 aliphatic rings. The van der Waals surface area contributed by atoms with E-state index in [4.69, 9.17) is 4.74 Å². The van der Waals surface area contributed by atoms with Gasteiger partial charge in [0.1, 0.15) is 18.0 Å². The molecule has 0 atom stereocenters. The highest BCUT2D eigenvalue weighted by molar-refractivity contribution is 5.72. The summed E-state index contributed by atoms with van der Waals surface area (Å²) in [6.07, 6.45) is 1.81. The zero-order valence-electron chi connectivity index (χ0n) is 10.3. The van der Waals surface area contributed by atoms with Crippen LogP contribution in [0.1, 0.15) is 5.82 Å². The van der Waals surface area contributed by atoms with Crippen molar-refractivity contribution in [3.8, 4) is 17.0 Å². The molecular formula is C13H14N2O3. The quantitative estimate of drug-likeness (QED) is 0.835. The number of ether oxygens (including phenoxy) is 2. The second-order valence-corrected chi connectivity index (χ2v) is 3.70. The van der Waals surface area contributed by atoms with E-state index in [1.165, 1.54) is 7.11 Å². The number of aromatic amines is 1. The number of rotatable bonds is 4. The van der Waals surface area contributed by atoms with Gasteiger partial charge in [0.25, 0.3) is 0 Å². The number of hydrogen-bond acceptors (Lipinski definition) is 4. The summed E-state index contributed by atoms with van der Waals surface area (Å²) in [5, 5.41) is 0. The summed E-state index contributed by atoms with van der Waals surface area (Å²) in [5.74, 6) is 1.00. The van der Waals surface area contributed by atoms with Crippen LogP contribution in [0.3, 0.4) is 0 Å². The van der Waals surface area contributed by atoms with E-state index in [0.29, 0.717) is 5.82 Å². The van der Waals surface area contributed by atoms with Crippen LogP contribution in [0.5, 0.6) is 5.75 Å². The summed E-state index contributed by atoms with van der Waals surface area (Å²) >= 11 is 0. The average Bonchev–Trinajstić information content (AvgIpc) is 2.86. The van der Waals surface area contributed by atoms with E-state index in [1.54, 1.807) is 13.3 Å². The van der Waals surface area contributed by atoms with Gasteiger partial charge < -0.3 is 14.5 Å². The van der Waals surface area contributed by atoms with Gasteiger partial charge >= 0.3 is 5.97 Å². The van der Waals surface area contributed by atoms with Gasteiger partial charge in [0, 0.05) is 5.56 Å². The number of benzene rings is 1. The Labute approximate surface area is 105 Å². The number of carbonyl (C=O) groups is 1. The maximum absolute atomic E-state index is 11.1. The maximum Gasteiger partial charge on any atom is 0.313 e. The summed E-state index contributed by atoms with van der Waals surface area (Å²) in [6.45, 7) is 0. The van der Waals surface area contributed by atoms with Crippen LogP contribution in [0, 0.1) is 0 Å². The monoisotopic (exact) mass is 246 g/mol. The molecule has 0 aliphatic carbocycles. The third kappa shape index (κ3) is 2.51. The standard InChI is InChI=1S/C13H14N2O3/c1-17-11-6-4-3-5-9(11)10-8-14-12(15-10)7-13(16)18-2/h3-6,8H,7H2,1-2H3,(H,14,15). The second kappa shape index (κ2) is 5.35. The van der Waals surface area contributed by atoms with Crippen LogP contribution < -0.4 is 4.74 Å². The highest BCUT2D eigenvalue weighted by Crippen LogP contribution is 2.27. The molecule has 5 heteroatoms. The molecule has 1 N–H and O–H groups in total. The van der Waals surface area contributed by atoms with Gasteiger partial charge in [-0.25, -0.2) is 4.98 Å². The Morgan fingerprint density at radius 1 is 1.33 bits per heavy atom. The molecule has 0 fully saturated rings. The predicted molar refractivity (Wildman–Crippen MR) is 66.3 cm³/mol. The minimum absolute atomic E-state index is 0.131. The van der Waals surface area contributed by atoms with Gasteiger partial charge in [-0.3, -0.25) is 4.79 Å². The van der Waals surface area contributed by atoms with Crippen molar-refractivity contribution in [1.82, 2.24) is 9.97 Å². The molecule has 0 spiro atoms. The van der Waals surface area contributed by atoms with Crippen molar-refractivity contribution in [3.05, 3.63) is 36.3 Å². The Morgan fingerprint density at radius 3 is 2.83 bits per heavy atom. The highest BCUT2D eigenvalue weighted by atomic mass is 16.5. The zero-order chi connectivity index (χ0) is 13.0. The zero-order valence-corrected chi connectivity index (χ0v) is 10.3. The van der Waals surface area contributed by atoms with Crippen molar-refractivity contribution in [1.29, 1.82) is 0 Å². The summed E-state index contributed by atoms with van der Waals surface area (Å²) in [7, 11) is 2.97. The van der Waals surface area contributed by atoms with Gasteiger partial charge in [-0.1, -0.05) is 12.1 Å². The molecule has 0 saturated heterocycles. The lowest BCUT2D eigenvalue weighted by Gasteiger charge is -2.05. The number of nitrogens with one attached hydrogen (secondary N) is 1. The van der Waals surface area contributed by atoms with Crippen molar-refractivity contribution in [2.45, 2.75) is 6.42 Å². The summed E-state index contributed by atoms with van der Waals surface area (Å²) < 4.78 is 9.86. The Hall–Kier alpha value is -2.30. The van der Waals surface area contributed by atoms with Crippen LogP contribution >= 0.6 is 0 Å². The van der Waals surface area contributed by atoms with Crippen LogP contribution in [0.2, 0.25) is 0 Å². The Morgan fingerprint density at radius 2 is 2.11 bits per heavy atom. The molecule has 5 nitrogen and oxygen atoms in total. The molecule has 0 aliphatic heterocycles. The maximum atomic E-state index is 11.1. The molecule has 1 heterocycles. The molecule has 2 rings (SSSR count). The summed E-state index contributed by atoms with van der Waals surface area (Å²) in [5.41, 5.74) is 1.72. The fourth-order valence-corrected chi connectivity index (χ4v) is 1.67. The topological polar surface area (TPSA) is 64.2 Å². The van der Waals surface area contributed by atoms with Gasteiger partial charge in [-0.15, -0.1) is 0 Å². The largest absolute Gasteiger partial charge is 0.496 e. The molecule has 0 amide bonds. The lowest BCUT2D eigenvalue weighted by atomic mass is 10.1. The minimum Gasteiger partial charge on any atom is -0.496 e. The van der Waals surface area contributed by atoms with Crippen LogP contribution in [-0.2, 0) is 16.0 Å². The van der Waals surface area contributed by atoms with Gasteiger partial charge in [0.2, 0.25) is 0 Å². The van der Waals surface area contributed by atoms with Crippen molar-refractivity contribution in [3.63, 3.8) is 0 Å². The summed E-state index contributed by atoms with van der Waals surface area (Å²) in [4.78, 5) is 18.4. The molecule has 2 aromatic rings. The molecule has 1 aromatic heterocycles. The normalized spacial score (nSPS) is 10.1. The van der Waals surface area contributed by atoms with Gasteiger partial charge in [0.15, 0.2) is 0 Å². The first-order valence-corrected chi connectivity index (χ1v) is 5.48. The molecule has 0 saturated carbocycles. The molecule has 94 valence electrons. The molecule has 0 bridgehead atoms. The van der Waals surface area contributed by atoms with E-state index in [0.717, 1.165) is 17.0 Å². The Bertz CT molecular complexity index is 549. The fourth-order valence-electron chi connectivity index (χ4n) is 1.67. The lowest BCUT2D eigenvalue weighted by Crippen LogP contribution is -2.05. The smallest absolute Gasteiger partial charge is 0.313 e. The van der Waals surface area contributed by atoms with E-state index >= 15 is 0 Å². The van der Waals surface area contributed by atoms with Crippen LogP contribution in [-0.4, -0.2) is 30.2 Å². The number of para-hydroxylation sites is 1. The average molecular weight is 246 g/mol. The molecular weight excluding hydrogens is 232 g/mol. The van der Waals surface area contributed by atoms with E-state index in [1.807, 2.05) is 24.3 Å². The number of imidazole rings is 1. The number of carbonyl (C=O) groups excluding carboxylic acids is 1. The number of hydrogen-bond donors (Lipinski definition) is 1. The molecule has 0 radical (unpaired) electrons. The van der Waals surface area contributed by atoms with Crippen molar-refractivity contribution >= 4 is 5.97 Å². The van der Waals surface area contributed by atoms with E-state index < -0.39 is 0 Å². The fraction of sp³-hybridized carbons (Fsp3) is 0.231. The first-order valence-electron chi connectivity index (χ1n) is 5.48. The lowest BCUT2D eigenvalue weighted by molar-refractivity contribution is -0.139. The number of aromatic nitrogens is 2. The number of esters is 1. The molecule has 1 aromatic carbocycles.